The standard InChI is InChI=1S/C16H16F9NO/c1-11(27,9-5-4-6-10(7-9)26(2)3)8-12(17)13(18,19)15(22,23)16(24,25)14(12,20)21/h4-7,27H,8H2,1-3H3. The summed E-state index contributed by atoms with van der Waals surface area (Å²) in [4.78, 5) is 1.46. The average Bonchev–Trinajstić information content (AvgIpc) is 2.57. The van der Waals surface area contributed by atoms with Gasteiger partial charge in [-0.1, -0.05) is 12.1 Å². The van der Waals surface area contributed by atoms with Crippen molar-refractivity contribution in [3.05, 3.63) is 29.8 Å². The molecule has 0 radical (unpaired) electrons. The van der Waals surface area contributed by atoms with Crippen LogP contribution in [-0.2, 0) is 5.60 Å². The van der Waals surface area contributed by atoms with Crippen LogP contribution in [-0.4, -0.2) is 48.6 Å². The van der Waals surface area contributed by atoms with Gasteiger partial charge in [-0.05, 0) is 24.6 Å². The Morgan fingerprint density at radius 1 is 0.852 bits per heavy atom. The summed E-state index contributed by atoms with van der Waals surface area (Å²) in [6.07, 6.45) is -2.39. The van der Waals surface area contributed by atoms with E-state index in [0.29, 0.717) is 12.6 Å². The molecule has 0 saturated heterocycles. The molecule has 1 saturated carbocycles. The van der Waals surface area contributed by atoms with Crippen molar-refractivity contribution < 1.29 is 44.6 Å². The minimum atomic E-state index is -6.65. The van der Waals surface area contributed by atoms with Gasteiger partial charge in [0, 0.05) is 26.2 Å². The topological polar surface area (TPSA) is 23.5 Å². The molecule has 0 aromatic heterocycles. The van der Waals surface area contributed by atoms with E-state index in [0.717, 1.165) is 12.1 Å². The maximum atomic E-state index is 14.7. The summed E-state index contributed by atoms with van der Waals surface area (Å²) in [6.45, 7) is 0.601. The van der Waals surface area contributed by atoms with Crippen LogP contribution in [0, 0.1) is 0 Å². The second-order valence-electron chi connectivity index (χ2n) is 6.99. The van der Waals surface area contributed by atoms with Gasteiger partial charge in [0.25, 0.3) is 5.67 Å². The lowest BCUT2D eigenvalue weighted by molar-refractivity contribution is -0.303. The van der Waals surface area contributed by atoms with Crippen molar-refractivity contribution in [3.8, 4) is 0 Å². The molecule has 0 heterocycles. The molecular formula is C16H16F9NO. The molecule has 1 aromatic carbocycles. The van der Waals surface area contributed by atoms with Gasteiger partial charge in [-0.2, -0.15) is 35.1 Å². The quantitative estimate of drug-likeness (QED) is 0.735. The largest absolute Gasteiger partial charge is 0.385 e. The Morgan fingerprint density at radius 2 is 1.30 bits per heavy atom. The van der Waals surface area contributed by atoms with Crippen LogP contribution in [0.4, 0.5) is 45.2 Å². The van der Waals surface area contributed by atoms with Crippen molar-refractivity contribution in [1.82, 2.24) is 0 Å². The Kier molecular flexibility index (Phi) is 4.55. The molecule has 11 heteroatoms. The zero-order valence-corrected chi connectivity index (χ0v) is 14.3. The van der Waals surface area contributed by atoms with E-state index in [-0.39, 0.29) is 0 Å². The first-order valence-electron chi connectivity index (χ1n) is 7.57. The zero-order valence-electron chi connectivity index (χ0n) is 14.3. The monoisotopic (exact) mass is 409 g/mol. The van der Waals surface area contributed by atoms with Crippen molar-refractivity contribution >= 4 is 5.69 Å². The Balaban J connectivity index is 2.58. The predicted octanol–water partition coefficient (Wildman–Crippen LogP) is 4.61. The molecule has 1 unspecified atom stereocenters. The highest BCUT2D eigenvalue weighted by Gasteiger charge is 3.00. The third kappa shape index (κ3) is 2.53. The molecule has 0 spiro atoms. The number of alkyl halides is 9. The third-order valence-electron chi connectivity index (χ3n) is 4.75. The minimum absolute atomic E-state index is 0.335. The molecule has 1 aliphatic carbocycles. The fourth-order valence-electron chi connectivity index (χ4n) is 3.01. The van der Waals surface area contributed by atoms with Crippen LogP contribution in [0.1, 0.15) is 18.9 Å². The minimum Gasteiger partial charge on any atom is -0.385 e. The maximum absolute atomic E-state index is 14.7. The summed E-state index contributed by atoms with van der Waals surface area (Å²) >= 11 is 0. The zero-order chi connectivity index (χ0) is 21.3. The Bertz CT molecular complexity index is 704. The normalized spacial score (nSPS) is 26.4. The van der Waals surface area contributed by atoms with Crippen molar-refractivity contribution in [3.63, 3.8) is 0 Å². The van der Waals surface area contributed by atoms with Crippen molar-refractivity contribution in [2.24, 2.45) is 0 Å². The van der Waals surface area contributed by atoms with Crippen molar-refractivity contribution in [1.29, 1.82) is 0 Å². The van der Waals surface area contributed by atoms with Gasteiger partial charge in [0.1, 0.15) is 0 Å². The van der Waals surface area contributed by atoms with E-state index in [1.807, 2.05) is 0 Å². The lowest BCUT2D eigenvalue weighted by atomic mass is 9.80. The van der Waals surface area contributed by atoms with E-state index in [2.05, 4.69) is 0 Å². The van der Waals surface area contributed by atoms with Gasteiger partial charge in [-0.25, -0.2) is 4.39 Å². The molecule has 2 rings (SSSR count). The lowest BCUT2D eigenvalue weighted by Crippen LogP contribution is -2.57. The van der Waals surface area contributed by atoms with Crippen LogP contribution in [0.15, 0.2) is 24.3 Å². The second-order valence-corrected chi connectivity index (χ2v) is 6.99. The van der Waals surface area contributed by atoms with Crippen LogP contribution < -0.4 is 4.90 Å². The smallest absolute Gasteiger partial charge is 0.381 e. The molecule has 154 valence electrons. The maximum Gasteiger partial charge on any atom is 0.381 e. The van der Waals surface area contributed by atoms with Crippen LogP contribution in [0.25, 0.3) is 0 Å². The molecular weight excluding hydrogens is 393 g/mol. The number of rotatable bonds is 4. The summed E-state index contributed by atoms with van der Waals surface area (Å²) in [5.41, 5.74) is -8.65. The molecule has 1 N–H and O–H groups in total. The van der Waals surface area contributed by atoms with Crippen molar-refractivity contribution in [2.75, 3.05) is 19.0 Å². The highest BCUT2D eigenvalue weighted by Crippen LogP contribution is 2.70. The molecule has 27 heavy (non-hydrogen) atoms. The molecule has 1 aromatic rings. The first-order valence-corrected chi connectivity index (χ1v) is 7.57. The van der Waals surface area contributed by atoms with Gasteiger partial charge in [0.15, 0.2) is 0 Å². The van der Waals surface area contributed by atoms with E-state index in [9.17, 15) is 44.6 Å². The van der Waals surface area contributed by atoms with Gasteiger partial charge in [0.2, 0.25) is 0 Å². The summed E-state index contributed by atoms with van der Waals surface area (Å²) < 4.78 is 123. The highest BCUT2D eigenvalue weighted by atomic mass is 19.4. The number of nitrogens with zero attached hydrogens (tertiary/aromatic N) is 1. The Morgan fingerprint density at radius 3 is 1.70 bits per heavy atom. The number of hydrogen-bond donors (Lipinski definition) is 1. The van der Waals surface area contributed by atoms with Gasteiger partial charge >= 0.3 is 23.7 Å². The van der Waals surface area contributed by atoms with Crippen molar-refractivity contribution in [2.45, 2.75) is 48.3 Å². The number of aliphatic hydroxyl groups is 1. The molecule has 1 aliphatic rings. The number of benzene rings is 1. The van der Waals surface area contributed by atoms with Gasteiger partial charge in [-0.15, -0.1) is 0 Å². The first-order chi connectivity index (χ1) is 11.9. The highest BCUT2D eigenvalue weighted by molar-refractivity contribution is 5.48. The van der Waals surface area contributed by atoms with E-state index < -0.39 is 46.9 Å². The number of hydrogen-bond acceptors (Lipinski definition) is 2. The van der Waals surface area contributed by atoms with E-state index >= 15 is 0 Å². The summed E-state index contributed by atoms with van der Waals surface area (Å²) in [5, 5.41) is 10.3. The Hall–Kier alpha value is -1.65. The summed E-state index contributed by atoms with van der Waals surface area (Å²) in [7, 11) is 3.07. The molecule has 1 fully saturated rings. The Labute approximate surface area is 148 Å². The SMILES string of the molecule is CN(C)c1cccc(C(C)(O)CC2(F)C(F)(F)C(F)(F)C(F)(F)C2(F)F)c1. The summed E-state index contributed by atoms with van der Waals surface area (Å²) in [5.74, 6) is -26.2. The number of anilines is 1. The molecule has 2 nitrogen and oxygen atoms in total. The summed E-state index contributed by atoms with van der Waals surface area (Å²) in [6, 6.07) is 4.87. The lowest BCUT2D eigenvalue weighted by Gasteiger charge is -2.37. The van der Waals surface area contributed by atoms with Gasteiger partial charge in [-0.3, -0.25) is 0 Å². The average molecular weight is 409 g/mol. The first kappa shape index (κ1) is 21.6. The second kappa shape index (κ2) is 5.68. The van der Waals surface area contributed by atoms with Crippen LogP contribution in [0.5, 0.6) is 0 Å². The van der Waals surface area contributed by atoms with E-state index in [1.54, 1.807) is 0 Å². The predicted molar refractivity (Wildman–Crippen MR) is 78.6 cm³/mol. The van der Waals surface area contributed by atoms with E-state index in [1.165, 1.54) is 31.1 Å². The molecule has 0 amide bonds. The molecule has 1 atom stereocenters. The fourth-order valence-corrected chi connectivity index (χ4v) is 3.01. The van der Waals surface area contributed by atoms with Gasteiger partial charge in [0.05, 0.1) is 5.60 Å². The van der Waals surface area contributed by atoms with E-state index in [4.69, 9.17) is 0 Å². The van der Waals surface area contributed by atoms with Crippen LogP contribution in [0.2, 0.25) is 0 Å². The van der Waals surface area contributed by atoms with Gasteiger partial charge < -0.3 is 10.0 Å². The molecule has 0 aliphatic heterocycles. The molecule has 0 bridgehead atoms. The van der Waals surface area contributed by atoms with Crippen LogP contribution >= 0.6 is 0 Å². The number of halogens is 9. The fraction of sp³-hybridized carbons (Fsp3) is 0.625. The third-order valence-corrected chi connectivity index (χ3v) is 4.75. The van der Waals surface area contributed by atoms with Crippen LogP contribution in [0.3, 0.4) is 0 Å².